The summed E-state index contributed by atoms with van der Waals surface area (Å²) in [5.41, 5.74) is 6.92. The molecular weight excluding hydrogens is 381 g/mol. The van der Waals surface area contributed by atoms with Gasteiger partial charge in [-0.1, -0.05) is 12.1 Å². The fraction of sp³-hybridized carbons (Fsp3) is 0.150. The summed E-state index contributed by atoms with van der Waals surface area (Å²) in [4.78, 5) is 28.9. The number of nitrogens with one attached hydrogen (secondary N) is 2. The molecule has 0 radical (unpaired) electrons. The molecule has 0 aliphatic heterocycles. The van der Waals surface area contributed by atoms with Crippen LogP contribution in [0.25, 0.3) is 10.6 Å². The summed E-state index contributed by atoms with van der Waals surface area (Å²) in [5, 5.41) is 0.594. The lowest BCUT2D eigenvalue weighted by Gasteiger charge is -2.08. The number of amides is 2. The molecule has 0 atom stereocenters. The van der Waals surface area contributed by atoms with Gasteiger partial charge in [0, 0.05) is 5.56 Å². The number of rotatable bonds is 5. The highest BCUT2D eigenvalue weighted by atomic mass is 32.1. The average molecular weight is 399 g/mol. The van der Waals surface area contributed by atoms with Crippen molar-refractivity contribution in [2.45, 2.75) is 13.8 Å². The van der Waals surface area contributed by atoms with Crippen molar-refractivity contribution in [3.05, 3.63) is 70.5 Å². The van der Waals surface area contributed by atoms with Gasteiger partial charge in [0.05, 0.1) is 5.69 Å². The molecule has 0 spiro atoms. The van der Waals surface area contributed by atoms with E-state index in [1.165, 1.54) is 12.1 Å². The Hall–Kier alpha value is -3.26. The lowest BCUT2D eigenvalue weighted by atomic mass is 10.2. The van der Waals surface area contributed by atoms with E-state index in [1.807, 2.05) is 25.1 Å². The normalized spacial score (nSPS) is 10.4. The summed E-state index contributed by atoms with van der Waals surface area (Å²) >= 11 is 1.16. The van der Waals surface area contributed by atoms with Gasteiger partial charge in [-0.05, 0) is 55.8 Å². The molecule has 0 unspecified atom stereocenters. The highest BCUT2D eigenvalue weighted by Crippen LogP contribution is 2.27. The maximum absolute atomic E-state index is 13.1. The molecule has 0 aliphatic carbocycles. The van der Waals surface area contributed by atoms with E-state index in [2.05, 4.69) is 15.8 Å². The Kier molecular flexibility index (Phi) is 6.00. The maximum Gasteiger partial charge on any atom is 0.281 e. The Morgan fingerprint density at radius 2 is 1.86 bits per heavy atom. The van der Waals surface area contributed by atoms with Crippen molar-refractivity contribution in [3.63, 3.8) is 0 Å². The zero-order chi connectivity index (χ0) is 20.1. The van der Waals surface area contributed by atoms with E-state index in [-0.39, 0.29) is 12.4 Å². The summed E-state index contributed by atoms with van der Waals surface area (Å²) in [6, 6.07) is 13.2. The Bertz CT molecular complexity index is 1000. The predicted octanol–water partition coefficient (Wildman–Crippen LogP) is 3.41. The second-order valence-electron chi connectivity index (χ2n) is 6.05. The smallest absolute Gasteiger partial charge is 0.281 e. The van der Waals surface area contributed by atoms with E-state index in [1.54, 1.807) is 25.1 Å². The Labute approximate surface area is 165 Å². The van der Waals surface area contributed by atoms with E-state index < -0.39 is 11.8 Å². The van der Waals surface area contributed by atoms with Gasteiger partial charge in [-0.15, -0.1) is 11.3 Å². The fourth-order valence-corrected chi connectivity index (χ4v) is 3.36. The third kappa shape index (κ3) is 4.92. The van der Waals surface area contributed by atoms with Crippen molar-refractivity contribution in [1.82, 2.24) is 15.8 Å². The summed E-state index contributed by atoms with van der Waals surface area (Å²) in [6.07, 6.45) is 0. The minimum Gasteiger partial charge on any atom is -0.484 e. The van der Waals surface area contributed by atoms with Crippen LogP contribution in [0, 0.1) is 19.7 Å². The second-order valence-corrected chi connectivity index (χ2v) is 7.05. The van der Waals surface area contributed by atoms with Crippen LogP contribution in [-0.2, 0) is 4.79 Å². The van der Waals surface area contributed by atoms with Crippen molar-refractivity contribution in [1.29, 1.82) is 0 Å². The molecule has 0 saturated heterocycles. The Morgan fingerprint density at radius 3 is 2.57 bits per heavy atom. The number of aryl methyl sites for hydroxylation is 2. The van der Waals surface area contributed by atoms with Crippen LogP contribution in [0.4, 0.5) is 4.39 Å². The predicted molar refractivity (Wildman–Crippen MR) is 105 cm³/mol. The molecule has 1 aromatic heterocycles. The van der Waals surface area contributed by atoms with Gasteiger partial charge in [-0.25, -0.2) is 9.37 Å². The van der Waals surface area contributed by atoms with Crippen LogP contribution in [0.5, 0.6) is 5.75 Å². The molecule has 0 bridgehead atoms. The Balaban J connectivity index is 1.56. The zero-order valence-corrected chi connectivity index (χ0v) is 16.1. The first kappa shape index (κ1) is 19.5. The first-order valence-corrected chi connectivity index (χ1v) is 9.26. The summed E-state index contributed by atoms with van der Waals surface area (Å²) in [6.45, 7) is 3.39. The molecule has 2 aromatic carbocycles. The van der Waals surface area contributed by atoms with Crippen LogP contribution in [0.2, 0.25) is 0 Å². The monoisotopic (exact) mass is 399 g/mol. The molecule has 144 valence electrons. The molecule has 0 fully saturated rings. The highest BCUT2D eigenvalue weighted by Gasteiger charge is 2.17. The van der Waals surface area contributed by atoms with Crippen molar-refractivity contribution < 1.29 is 18.7 Å². The van der Waals surface area contributed by atoms with Gasteiger partial charge in [0.1, 0.15) is 21.5 Å². The van der Waals surface area contributed by atoms with Gasteiger partial charge in [-0.2, -0.15) is 0 Å². The van der Waals surface area contributed by atoms with Gasteiger partial charge >= 0.3 is 0 Å². The maximum atomic E-state index is 13.1. The van der Waals surface area contributed by atoms with Gasteiger partial charge < -0.3 is 4.74 Å². The van der Waals surface area contributed by atoms with Gasteiger partial charge in [-0.3, -0.25) is 20.4 Å². The van der Waals surface area contributed by atoms with Gasteiger partial charge in [0.2, 0.25) is 0 Å². The molecule has 3 rings (SSSR count). The average Bonchev–Trinajstić information content (AvgIpc) is 3.07. The lowest BCUT2D eigenvalue weighted by molar-refractivity contribution is -0.123. The molecule has 6 nitrogen and oxygen atoms in total. The summed E-state index contributed by atoms with van der Waals surface area (Å²) in [7, 11) is 0. The number of ether oxygens (including phenoxy) is 1. The highest BCUT2D eigenvalue weighted by molar-refractivity contribution is 7.17. The topological polar surface area (TPSA) is 80.3 Å². The molecule has 1 heterocycles. The zero-order valence-electron chi connectivity index (χ0n) is 15.3. The number of nitrogens with zero attached hydrogens (tertiary/aromatic N) is 1. The van der Waals surface area contributed by atoms with Crippen LogP contribution in [-0.4, -0.2) is 23.4 Å². The number of carbonyl (C=O) groups is 2. The van der Waals surface area contributed by atoms with E-state index >= 15 is 0 Å². The van der Waals surface area contributed by atoms with Gasteiger partial charge in [0.15, 0.2) is 6.61 Å². The van der Waals surface area contributed by atoms with E-state index in [0.717, 1.165) is 16.9 Å². The van der Waals surface area contributed by atoms with Gasteiger partial charge in [0.25, 0.3) is 11.8 Å². The number of carbonyl (C=O) groups excluding carboxylic acids is 2. The first-order chi connectivity index (χ1) is 13.4. The van der Waals surface area contributed by atoms with Crippen molar-refractivity contribution >= 4 is 23.2 Å². The van der Waals surface area contributed by atoms with Crippen molar-refractivity contribution in [2.24, 2.45) is 0 Å². The number of hydrazine groups is 1. The molecule has 2 N–H and O–H groups in total. The van der Waals surface area contributed by atoms with Crippen molar-refractivity contribution in [2.75, 3.05) is 6.61 Å². The van der Waals surface area contributed by atoms with E-state index in [0.29, 0.717) is 26.9 Å². The standard InChI is InChI=1S/C20H18FN3O3S/c1-12-4-3-5-16(10-12)27-11-17(25)23-24-19(26)18-13(2)22-20(28-18)14-6-8-15(21)9-7-14/h3-10H,11H2,1-2H3,(H,23,25)(H,24,26). The van der Waals surface area contributed by atoms with Crippen LogP contribution in [0.1, 0.15) is 20.9 Å². The van der Waals surface area contributed by atoms with E-state index in [9.17, 15) is 14.0 Å². The number of benzene rings is 2. The fourth-order valence-electron chi connectivity index (χ4n) is 2.40. The summed E-state index contributed by atoms with van der Waals surface area (Å²) in [5.74, 6) is -0.739. The quantitative estimate of drug-likeness (QED) is 0.645. The lowest BCUT2D eigenvalue weighted by Crippen LogP contribution is -2.43. The van der Waals surface area contributed by atoms with Crippen LogP contribution in [0.15, 0.2) is 48.5 Å². The first-order valence-electron chi connectivity index (χ1n) is 8.44. The third-order valence-corrected chi connectivity index (χ3v) is 4.97. The second kappa shape index (κ2) is 8.62. The minimum atomic E-state index is -0.490. The molecule has 28 heavy (non-hydrogen) atoms. The number of thiazole rings is 1. The number of aromatic nitrogens is 1. The van der Waals surface area contributed by atoms with E-state index in [4.69, 9.17) is 4.74 Å². The number of hydrogen-bond acceptors (Lipinski definition) is 5. The Morgan fingerprint density at radius 1 is 1.11 bits per heavy atom. The molecule has 3 aromatic rings. The largest absolute Gasteiger partial charge is 0.484 e. The molecule has 2 amide bonds. The van der Waals surface area contributed by atoms with Crippen LogP contribution < -0.4 is 15.6 Å². The number of halogens is 1. The van der Waals surface area contributed by atoms with Crippen LogP contribution >= 0.6 is 11.3 Å². The third-order valence-electron chi connectivity index (χ3n) is 3.77. The molecule has 0 saturated carbocycles. The van der Waals surface area contributed by atoms with Crippen LogP contribution in [0.3, 0.4) is 0 Å². The molecule has 0 aliphatic rings. The minimum absolute atomic E-state index is 0.230. The summed E-state index contributed by atoms with van der Waals surface area (Å²) < 4.78 is 18.4. The SMILES string of the molecule is Cc1cccc(OCC(=O)NNC(=O)c2sc(-c3ccc(F)cc3)nc2C)c1. The number of hydrogen-bond donors (Lipinski definition) is 2. The molecular formula is C20H18FN3O3S. The van der Waals surface area contributed by atoms with Crippen molar-refractivity contribution in [3.8, 4) is 16.3 Å². The molecule has 8 heteroatoms.